The maximum Gasteiger partial charge on any atom is 0.264 e. The Bertz CT molecular complexity index is 1510. The van der Waals surface area contributed by atoms with E-state index in [0.29, 0.717) is 0 Å². The molecule has 0 heterocycles. The van der Waals surface area contributed by atoms with Gasteiger partial charge < -0.3 is 10.2 Å². The molecule has 4 rings (SSSR count). The molecular weight excluding hydrogens is 581 g/mol. The van der Waals surface area contributed by atoms with Gasteiger partial charge in [-0.3, -0.25) is 13.9 Å². The Hall–Kier alpha value is -3.07. The average Bonchev–Trinajstić information content (AvgIpc) is 3.45. The Balaban J connectivity index is 1.73. The van der Waals surface area contributed by atoms with Crippen molar-refractivity contribution >= 4 is 50.7 Å². The zero-order valence-electron chi connectivity index (χ0n) is 23.4. The molecule has 218 valence electrons. The minimum atomic E-state index is -4.24. The second-order valence-corrected chi connectivity index (χ2v) is 13.2. The zero-order valence-corrected chi connectivity index (χ0v) is 25.8. The number of hydrogen-bond acceptors (Lipinski definition) is 4. The van der Waals surface area contributed by atoms with Gasteiger partial charge in [0, 0.05) is 12.6 Å². The summed E-state index contributed by atoms with van der Waals surface area (Å²) in [4.78, 5) is 28.9. The number of amides is 2. The predicted molar refractivity (Wildman–Crippen MR) is 164 cm³/mol. The molecule has 1 atom stereocenters. The van der Waals surface area contributed by atoms with Gasteiger partial charge in [-0.1, -0.05) is 84.1 Å². The number of benzene rings is 3. The summed E-state index contributed by atoms with van der Waals surface area (Å²) in [5.74, 6) is -0.818. The van der Waals surface area contributed by atoms with Gasteiger partial charge in [0.1, 0.15) is 12.6 Å². The Morgan fingerprint density at radius 2 is 1.61 bits per heavy atom. The van der Waals surface area contributed by atoms with Crippen molar-refractivity contribution in [2.45, 2.75) is 70.0 Å². The lowest BCUT2D eigenvalue weighted by Crippen LogP contribution is -2.52. The molecule has 2 amide bonds. The van der Waals surface area contributed by atoms with Gasteiger partial charge in [-0.25, -0.2) is 8.42 Å². The molecule has 0 bridgehead atoms. The van der Waals surface area contributed by atoms with E-state index in [0.717, 1.165) is 46.7 Å². The summed E-state index contributed by atoms with van der Waals surface area (Å²) < 4.78 is 28.9. The largest absolute Gasteiger partial charge is 0.352 e. The van der Waals surface area contributed by atoms with Gasteiger partial charge >= 0.3 is 0 Å². The highest BCUT2D eigenvalue weighted by Crippen LogP contribution is 2.35. The first-order valence-corrected chi connectivity index (χ1v) is 15.9. The van der Waals surface area contributed by atoms with E-state index in [1.165, 1.54) is 23.1 Å². The molecule has 1 aliphatic rings. The Morgan fingerprint density at radius 3 is 2.27 bits per heavy atom. The summed E-state index contributed by atoms with van der Waals surface area (Å²) in [7, 11) is -4.24. The van der Waals surface area contributed by atoms with Crippen LogP contribution < -0.4 is 9.62 Å². The van der Waals surface area contributed by atoms with Gasteiger partial charge in [-0.15, -0.1) is 0 Å². The molecule has 1 saturated carbocycles. The van der Waals surface area contributed by atoms with Crippen LogP contribution in [-0.4, -0.2) is 43.8 Å². The van der Waals surface area contributed by atoms with Gasteiger partial charge in [-0.2, -0.15) is 0 Å². The SMILES string of the molecule is Cc1ccc(S(=O)(=O)N(CC(=O)N(Cc2ccccc2C)C(C)C(=O)NC2CCCC2)c2cccc(Cl)c2Cl)cc1. The standard InChI is InChI=1S/C31H35Cl2N3O4S/c1-21-15-17-26(18-16-21)41(39,40)36(28-14-8-13-27(32)30(28)33)20-29(37)35(19-24-10-5-4-9-22(24)2)23(3)31(38)34-25-11-6-7-12-25/h4-5,8-10,13-18,23,25H,6-7,11-12,19-20H2,1-3H3,(H,34,38). The molecule has 3 aromatic carbocycles. The van der Waals surface area contributed by atoms with Crippen molar-refractivity contribution < 1.29 is 18.0 Å². The molecule has 1 fully saturated rings. The second-order valence-electron chi connectivity index (χ2n) is 10.5. The lowest BCUT2D eigenvalue weighted by molar-refractivity contribution is -0.139. The fourth-order valence-electron chi connectivity index (χ4n) is 4.98. The van der Waals surface area contributed by atoms with E-state index < -0.39 is 28.5 Å². The normalized spacial score (nSPS) is 14.5. The molecule has 1 aliphatic carbocycles. The van der Waals surface area contributed by atoms with Crippen molar-refractivity contribution in [3.8, 4) is 0 Å². The van der Waals surface area contributed by atoms with E-state index in [4.69, 9.17) is 23.2 Å². The summed E-state index contributed by atoms with van der Waals surface area (Å²) in [6, 6.07) is 17.8. The number of halogens is 2. The fourth-order valence-corrected chi connectivity index (χ4v) is 6.86. The van der Waals surface area contributed by atoms with Gasteiger partial charge in [0.15, 0.2) is 0 Å². The minimum Gasteiger partial charge on any atom is -0.352 e. The van der Waals surface area contributed by atoms with Crippen LogP contribution in [0.3, 0.4) is 0 Å². The monoisotopic (exact) mass is 615 g/mol. The highest BCUT2D eigenvalue weighted by molar-refractivity contribution is 7.92. The number of hydrogen-bond donors (Lipinski definition) is 1. The highest BCUT2D eigenvalue weighted by atomic mass is 35.5. The van der Waals surface area contributed by atoms with Crippen molar-refractivity contribution in [3.63, 3.8) is 0 Å². The number of sulfonamides is 1. The molecule has 7 nitrogen and oxygen atoms in total. The van der Waals surface area contributed by atoms with E-state index >= 15 is 0 Å². The lowest BCUT2D eigenvalue weighted by atomic mass is 10.1. The molecule has 3 aromatic rings. The number of aryl methyl sites for hydroxylation is 2. The zero-order chi connectivity index (χ0) is 29.7. The van der Waals surface area contributed by atoms with Gasteiger partial charge in [-0.05, 0) is 69.0 Å². The minimum absolute atomic E-state index is 0.00409. The van der Waals surface area contributed by atoms with Crippen LogP contribution in [0.4, 0.5) is 5.69 Å². The van der Waals surface area contributed by atoms with Crippen LogP contribution in [0, 0.1) is 13.8 Å². The number of carbonyl (C=O) groups is 2. The summed E-state index contributed by atoms with van der Waals surface area (Å²) in [6.07, 6.45) is 3.91. The summed E-state index contributed by atoms with van der Waals surface area (Å²) in [5, 5.41) is 3.24. The third-order valence-corrected chi connectivity index (χ3v) is 10.1. The first-order chi connectivity index (χ1) is 19.5. The number of nitrogens with one attached hydrogen (secondary N) is 1. The maximum atomic E-state index is 14.1. The molecular formula is C31H35Cl2N3O4S. The molecule has 1 unspecified atom stereocenters. The van der Waals surface area contributed by atoms with E-state index in [-0.39, 0.29) is 39.1 Å². The number of nitrogens with zero attached hydrogens (tertiary/aromatic N) is 2. The molecule has 0 radical (unpaired) electrons. The molecule has 0 spiro atoms. The molecule has 0 aliphatic heterocycles. The predicted octanol–water partition coefficient (Wildman–Crippen LogP) is 6.28. The first kappa shape index (κ1) is 30.9. The van der Waals surface area contributed by atoms with Crippen molar-refractivity contribution in [2.75, 3.05) is 10.8 Å². The Kier molecular flexibility index (Phi) is 10.00. The quantitative estimate of drug-likeness (QED) is 0.291. The number of rotatable bonds is 10. The summed E-state index contributed by atoms with van der Waals surface area (Å²) >= 11 is 12.8. The molecule has 0 aromatic heterocycles. The number of anilines is 1. The van der Waals surface area contributed by atoms with Crippen molar-refractivity contribution in [2.24, 2.45) is 0 Å². The third-order valence-electron chi connectivity index (χ3n) is 7.56. The summed E-state index contributed by atoms with van der Waals surface area (Å²) in [6.45, 7) is 5.01. The number of carbonyl (C=O) groups excluding carboxylic acids is 2. The van der Waals surface area contributed by atoms with Crippen LogP contribution in [0.25, 0.3) is 0 Å². The molecule has 1 N–H and O–H groups in total. The van der Waals surface area contributed by atoms with Crippen molar-refractivity contribution in [1.29, 1.82) is 0 Å². The topological polar surface area (TPSA) is 86.8 Å². The lowest BCUT2D eigenvalue weighted by Gasteiger charge is -2.33. The van der Waals surface area contributed by atoms with Crippen LogP contribution in [0.15, 0.2) is 71.6 Å². The Labute approximate surface area is 252 Å². The highest BCUT2D eigenvalue weighted by Gasteiger charge is 2.34. The van der Waals surface area contributed by atoms with E-state index in [1.807, 2.05) is 38.1 Å². The van der Waals surface area contributed by atoms with Crippen LogP contribution >= 0.6 is 23.2 Å². The average molecular weight is 617 g/mol. The first-order valence-electron chi connectivity index (χ1n) is 13.7. The van der Waals surface area contributed by atoms with Crippen LogP contribution in [0.1, 0.15) is 49.3 Å². The van der Waals surface area contributed by atoms with Gasteiger partial charge in [0.2, 0.25) is 11.8 Å². The van der Waals surface area contributed by atoms with Gasteiger partial charge in [0.05, 0.1) is 20.6 Å². The van der Waals surface area contributed by atoms with Crippen molar-refractivity contribution in [1.82, 2.24) is 10.2 Å². The van der Waals surface area contributed by atoms with Gasteiger partial charge in [0.25, 0.3) is 10.0 Å². The second kappa shape index (κ2) is 13.3. The van der Waals surface area contributed by atoms with E-state index in [9.17, 15) is 18.0 Å². The maximum absolute atomic E-state index is 14.1. The Morgan fingerprint density at radius 1 is 0.951 bits per heavy atom. The smallest absolute Gasteiger partial charge is 0.264 e. The molecule has 0 saturated heterocycles. The van der Waals surface area contributed by atoms with Crippen LogP contribution in [0.2, 0.25) is 10.0 Å². The van der Waals surface area contributed by atoms with E-state index in [2.05, 4.69) is 5.32 Å². The van der Waals surface area contributed by atoms with Crippen LogP contribution in [0.5, 0.6) is 0 Å². The van der Waals surface area contributed by atoms with Crippen molar-refractivity contribution in [3.05, 3.63) is 93.5 Å². The van der Waals surface area contributed by atoms with E-state index in [1.54, 1.807) is 31.2 Å². The molecule has 10 heteroatoms. The fraction of sp³-hybridized carbons (Fsp3) is 0.355. The van der Waals surface area contributed by atoms with Crippen LogP contribution in [-0.2, 0) is 26.2 Å². The molecule has 41 heavy (non-hydrogen) atoms. The third kappa shape index (κ3) is 7.23. The summed E-state index contributed by atoms with van der Waals surface area (Å²) in [5.41, 5.74) is 2.77.